The second kappa shape index (κ2) is 5.29. The molecule has 0 amide bonds. The van der Waals surface area contributed by atoms with Crippen LogP contribution in [0.5, 0.6) is 0 Å². The Labute approximate surface area is 128 Å². The molecule has 2 heterocycles. The molecule has 0 aliphatic heterocycles. The second-order valence-electron chi connectivity index (χ2n) is 5.69. The molecule has 0 aliphatic carbocycles. The minimum absolute atomic E-state index is 0.174. The molecule has 2 aromatic heterocycles. The molecule has 0 aliphatic rings. The SMILES string of the molecule is Cc1ccccc1-n1cc2c(=O)[nH]c(N(C)C(C)C)nc2n1. The number of rotatable bonds is 3. The predicted octanol–water partition coefficient (Wildman–Crippen LogP) is 2.26. The summed E-state index contributed by atoms with van der Waals surface area (Å²) in [5.74, 6) is 0.530. The zero-order chi connectivity index (χ0) is 15.9. The molecule has 0 fully saturated rings. The number of nitrogens with zero attached hydrogens (tertiary/aromatic N) is 4. The Morgan fingerprint density at radius 1 is 1.27 bits per heavy atom. The molecular formula is C16H19N5O. The van der Waals surface area contributed by atoms with Crippen LogP contribution in [0.3, 0.4) is 0 Å². The van der Waals surface area contributed by atoms with Crippen LogP contribution in [0, 0.1) is 6.92 Å². The number of nitrogens with one attached hydrogen (secondary N) is 1. The van der Waals surface area contributed by atoms with E-state index in [-0.39, 0.29) is 11.6 Å². The molecule has 3 aromatic rings. The van der Waals surface area contributed by atoms with Gasteiger partial charge in [-0.2, -0.15) is 4.98 Å². The largest absolute Gasteiger partial charge is 0.343 e. The molecular weight excluding hydrogens is 278 g/mol. The summed E-state index contributed by atoms with van der Waals surface area (Å²) in [5.41, 5.74) is 2.31. The molecule has 1 aromatic carbocycles. The fourth-order valence-electron chi connectivity index (χ4n) is 2.26. The van der Waals surface area contributed by atoms with E-state index in [4.69, 9.17) is 0 Å². The molecule has 0 bridgehead atoms. The van der Waals surface area contributed by atoms with Crippen LogP contribution in [0.15, 0.2) is 35.3 Å². The highest BCUT2D eigenvalue weighted by molar-refractivity contribution is 5.74. The van der Waals surface area contributed by atoms with Gasteiger partial charge < -0.3 is 4.90 Å². The topological polar surface area (TPSA) is 66.8 Å². The third kappa shape index (κ3) is 2.36. The van der Waals surface area contributed by atoms with Crippen LogP contribution >= 0.6 is 0 Å². The molecule has 0 saturated heterocycles. The van der Waals surface area contributed by atoms with Crippen molar-refractivity contribution in [1.82, 2.24) is 19.7 Å². The van der Waals surface area contributed by atoms with Crippen molar-refractivity contribution < 1.29 is 0 Å². The zero-order valence-corrected chi connectivity index (χ0v) is 13.2. The lowest BCUT2D eigenvalue weighted by atomic mass is 10.2. The molecule has 114 valence electrons. The highest BCUT2D eigenvalue weighted by atomic mass is 16.1. The van der Waals surface area contributed by atoms with E-state index < -0.39 is 0 Å². The number of fused-ring (bicyclic) bond motifs is 1. The van der Waals surface area contributed by atoms with Crippen molar-refractivity contribution in [2.45, 2.75) is 26.8 Å². The van der Waals surface area contributed by atoms with Crippen LogP contribution in [0.25, 0.3) is 16.7 Å². The molecule has 6 nitrogen and oxygen atoms in total. The van der Waals surface area contributed by atoms with Gasteiger partial charge >= 0.3 is 0 Å². The molecule has 0 unspecified atom stereocenters. The first kappa shape index (κ1) is 14.3. The number of aryl methyl sites for hydroxylation is 1. The maximum Gasteiger partial charge on any atom is 0.263 e. The molecule has 0 atom stereocenters. The quantitative estimate of drug-likeness (QED) is 0.805. The highest BCUT2D eigenvalue weighted by Gasteiger charge is 2.14. The van der Waals surface area contributed by atoms with Crippen molar-refractivity contribution in [3.63, 3.8) is 0 Å². The number of para-hydroxylation sites is 1. The van der Waals surface area contributed by atoms with Gasteiger partial charge in [0.05, 0.1) is 5.69 Å². The third-order valence-electron chi connectivity index (χ3n) is 3.85. The van der Waals surface area contributed by atoms with Gasteiger partial charge in [0.25, 0.3) is 5.56 Å². The summed E-state index contributed by atoms with van der Waals surface area (Å²) in [4.78, 5) is 21.5. The first-order chi connectivity index (χ1) is 10.5. The summed E-state index contributed by atoms with van der Waals surface area (Å²) in [7, 11) is 1.90. The fraction of sp³-hybridized carbons (Fsp3) is 0.312. The standard InChI is InChI=1S/C16H19N5O/c1-10(2)20(4)16-17-14-12(15(22)18-16)9-21(19-14)13-8-6-5-7-11(13)3/h5-10H,1-4H3,(H,17,18,19,22). The lowest BCUT2D eigenvalue weighted by Gasteiger charge is -2.21. The van der Waals surface area contributed by atoms with E-state index in [1.807, 2.05) is 57.0 Å². The predicted molar refractivity (Wildman–Crippen MR) is 87.8 cm³/mol. The van der Waals surface area contributed by atoms with Crippen LogP contribution in [0.1, 0.15) is 19.4 Å². The van der Waals surface area contributed by atoms with E-state index >= 15 is 0 Å². The van der Waals surface area contributed by atoms with Crippen LogP contribution in [0.2, 0.25) is 0 Å². The number of anilines is 1. The summed E-state index contributed by atoms with van der Waals surface area (Å²) in [5, 5.41) is 4.96. The number of hydrogen-bond donors (Lipinski definition) is 1. The Balaban J connectivity index is 2.17. The van der Waals surface area contributed by atoms with Gasteiger partial charge in [-0.25, -0.2) is 4.68 Å². The van der Waals surface area contributed by atoms with Crippen LogP contribution in [-0.2, 0) is 0 Å². The normalized spacial score (nSPS) is 11.3. The summed E-state index contributed by atoms with van der Waals surface area (Å²) in [6, 6.07) is 8.14. The molecule has 0 radical (unpaired) electrons. The molecule has 0 spiro atoms. The van der Waals surface area contributed by atoms with E-state index in [0.29, 0.717) is 17.0 Å². The van der Waals surface area contributed by atoms with Gasteiger partial charge in [0.15, 0.2) is 5.65 Å². The number of H-pyrrole nitrogens is 1. The summed E-state index contributed by atoms with van der Waals surface area (Å²) in [6.45, 7) is 6.09. The van der Waals surface area contributed by atoms with Gasteiger partial charge in [-0.05, 0) is 32.4 Å². The van der Waals surface area contributed by atoms with E-state index in [1.54, 1.807) is 10.9 Å². The Kier molecular flexibility index (Phi) is 3.44. The van der Waals surface area contributed by atoms with Crippen molar-refractivity contribution in [3.8, 4) is 5.69 Å². The first-order valence-electron chi connectivity index (χ1n) is 7.26. The van der Waals surface area contributed by atoms with Gasteiger partial charge in [0.1, 0.15) is 5.39 Å². The highest BCUT2D eigenvalue weighted by Crippen LogP contribution is 2.16. The van der Waals surface area contributed by atoms with Gasteiger partial charge in [0.2, 0.25) is 5.95 Å². The average molecular weight is 297 g/mol. The van der Waals surface area contributed by atoms with Gasteiger partial charge in [-0.3, -0.25) is 9.78 Å². The Bertz CT molecular complexity index is 878. The second-order valence-corrected chi connectivity index (χ2v) is 5.69. The van der Waals surface area contributed by atoms with Gasteiger partial charge in [-0.15, -0.1) is 5.10 Å². The van der Waals surface area contributed by atoms with Crippen molar-refractivity contribution >= 4 is 17.0 Å². The van der Waals surface area contributed by atoms with Crippen LogP contribution in [-0.4, -0.2) is 32.8 Å². The Morgan fingerprint density at radius 2 is 2.00 bits per heavy atom. The van der Waals surface area contributed by atoms with Crippen LogP contribution < -0.4 is 10.5 Å². The van der Waals surface area contributed by atoms with Gasteiger partial charge in [-0.1, -0.05) is 18.2 Å². The third-order valence-corrected chi connectivity index (χ3v) is 3.85. The zero-order valence-electron chi connectivity index (χ0n) is 13.2. The van der Waals surface area contributed by atoms with E-state index in [0.717, 1.165) is 11.3 Å². The van der Waals surface area contributed by atoms with E-state index in [9.17, 15) is 4.79 Å². The lowest BCUT2D eigenvalue weighted by molar-refractivity contribution is 0.729. The Hall–Kier alpha value is -2.63. The Morgan fingerprint density at radius 3 is 2.68 bits per heavy atom. The number of aromatic nitrogens is 4. The van der Waals surface area contributed by atoms with Crippen molar-refractivity contribution in [1.29, 1.82) is 0 Å². The van der Waals surface area contributed by atoms with Crippen LogP contribution in [0.4, 0.5) is 5.95 Å². The number of benzene rings is 1. The molecule has 6 heteroatoms. The first-order valence-corrected chi connectivity index (χ1v) is 7.26. The molecule has 1 N–H and O–H groups in total. The van der Waals surface area contributed by atoms with E-state index in [2.05, 4.69) is 15.1 Å². The summed E-state index contributed by atoms with van der Waals surface area (Å²) >= 11 is 0. The average Bonchev–Trinajstić information content (AvgIpc) is 2.91. The van der Waals surface area contributed by atoms with Crippen molar-refractivity contribution in [2.24, 2.45) is 0 Å². The summed E-state index contributed by atoms with van der Waals surface area (Å²) in [6.07, 6.45) is 1.72. The number of aromatic amines is 1. The van der Waals surface area contributed by atoms with Gasteiger partial charge in [0, 0.05) is 19.3 Å². The van der Waals surface area contributed by atoms with Crippen molar-refractivity contribution in [2.75, 3.05) is 11.9 Å². The molecule has 22 heavy (non-hydrogen) atoms. The monoisotopic (exact) mass is 297 g/mol. The summed E-state index contributed by atoms with van der Waals surface area (Å²) < 4.78 is 1.71. The minimum atomic E-state index is -0.174. The molecule has 3 rings (SSSR count). The maximum absolute atomic E-state index is 12.3. The maximum atomic E-state index is 12.3. The fourth-order valence-corrected chi connectivity index (χ4v) is 2.26. The van der Waals surface area contributed by atoms with E-state index in [1.165, 1.54) is 0 Å². The number of hydrogen-bond acceptors (Lipinski definition) is 4. The van der Waals surface area contributed by atoms with Crippen molar-refractivity contribution in [3.05, 3.63) is 46.4 Å². The smallest absolute Gasteiger partial charge is 0.263 e. The molecule has 0 saturated carbocycles. The minimum Gasteiger partial charge on any atom is -0.343 e. The lowest BCUT2D eigenvalue weighted by Crippen LogP contribution is -2.29.